The van der Waals surface area contributed by atoms with Gasteiger partial charge >= 0.3 is 0 Å². The Labute approximate surface area is 162 Å². The zero-order valence-electron chi connectivity index (χ0n) is 16.0. The molecule has 0 radical (unpaired) electrons. The van der Waals surface area contributed by atoms with Crippen molar-refractivity contribution in [2.24, 2.45) is 0 Å². The van der Waals surface area contributed by atoms with Crippen molar-refractivity contribution in [2.75, 3.05) is 33.3 Å². The van der Waals surface area contributed by atoms with Crippen LogP contribution in [0.15, 0.2) is 30.5 Å². The second-order valence-electron chi connectivity index (χ2n) is 5.92. The number of benzene rings is 1. The molecule has 1 aromatic carbocycles. The molecule has 2 aromatic heterocycles. The first kappa shape index (κ1) is 19.2. The lowest BCUT2D eigenvalue weighted by molar-refractivity contribution is 0.183. The van der Waals surface area contributed by atoms with Gasteiger partial charge < -0.3 is 19.5 Å². The van der Waals surface area contributed by atoms with E-state index in [9.17, 15) is 0 Å². The molecule has 0 aliphatic rings. The molecule has 0 saturated carbocycles. The van der Waals surface area contributed by atoms with Crippen LogP contribution in [0.4, 0.5) is 5.13 Å². The van der Waals surface area contributed by atoms with Crippen molar-refractivity contribution in [1.82, 2.24) is 14.8 Å². The van der Waals surface area contributed by atoms with E-state index < -0.39 is 0 Å². The van der Waals surface area contributed by atoms with E-state index in [2.05, 4.69) is 15.4 Å². The number of thiazole rings is 1. The summed E-state index contributed by atoms with van der Waals surface area (Å²) in [6.07, 6.45) is 1.96. The average molecular weight is 388 g/mol. The van der Waals surface area contributed by atoms with Gasteiger partial charge in [0.05, 0.1) is 37.9 Å². The standard InChI is InChI=1S/C19H24N4O3S/c1-13-18(16-7-8-23(22-16)9-10-24-2)27-19(21-13)20-12-14-11-15(25-3)5-6-17(14)26-4/h5-8,11H,9-10,12H2,1-4H3,(H,20,21). The van der Waals surface area contributed by atoms with Crippen LogP contribution in [0.25, 0.3) is 10.6 Å². The van der Waals surface area contributed by atoms with E-state index in [0.29, 0.717) is 13.2 Å². The summed E-state index contributed by atoms with van der Waals surface area (Å²) >= 11 is 1.59. The van der Waals surface area contributed by atoms with Crippen molar-refractivity contribution >= 4 is 16.5 Å². The molecular formula is C19H24N4O3S. The molecule has 0 unspecified atom stereocenters. The third-order valence-corrected chi connectivity index (χ3v) is 5.25. The number of rotatable bonds is 9. The van der Waals surface area contributed by atoms with Crippen molar-refractivity contribution in [1.29, 1.82) is 0 Å². The van der Waals surface area contributed by atoms with Gasteiger partial charge in [0, 0.05) is 25.4 Å². The smallest absolute Gasteiger partial charge is 0.183 e. The topological polar surface area (TPSA) is 70.4 Å². The van der Waals surface area contributed by atoms with Crippen LogP contribution in [0.3, 0.4) is 0 Å². The maximum absolute atomic E-state index is 5.43. The Balaban J connectivity index is 1.73. The molecule has 1 N–H and O–H groups in total. The summed E-state index contributed by atoms with van der Waals surface area (Å²) in [5, 5.41) is 8.83. The van der Waals surface area contributed by atoms with Gasteiger partial charge in [0.25, 0.3) is 0 Å². The predicted octanol–water partition coefficient (Wildman–Crippen LogP) is 3.59. The Morgan fingerprint density at radius 3 is 2.74 bits per heavy atom. The van der Waals surface area contributed by atoms with Crippen LogP contribution >= 0.6 is 11.3 Å². The van der Waals surface area contributed by atoms with Gasteiger partial charge in [-0.1, -0.05) is 11.3 Å². The lowest BCUT2D eigenvalue weighted by Gasteiger charge is -2.10. The fourth-order valence-corrected chi connectivity index (χ4v) is 3.62. The largest absolute Gasteiger partial charge is 0.497 e. The summed E-state index contributed by atoms with van der Waals surface area (Å²) in [5.74, 6) is 1.61. The summed E-state index contributed by atoms with van der Waals surface area (Å²) in [6.45, 7) is 3.96. The molecule has 0 aliphatic heterocycles. The normalized spacial score (nSPS) is 10.8. The number of hydrogen-bond donors (Lipinski definition) is 1. The number of aryl methyl sites for hydroxylation is 1. The van der Waals surface area contributed by atoms with Crippen molar-refractivity contribution in [3.63, 3.8) is 0 Å². The van der Waals surface area contributed by atoms with E-state index in [-0.39, 0.29) is 0 Å². The first-order valence-corrected chi connectivity index (χ1v) is 9.41. The zero-order valence-corrected chi connectivity index (χ0v) is 16.8. The molecule has 0 amide bonds. The molecule has 0 spiro atoms. The van der Waals surface area contributed by atoms with Crippen LogP contribution in [-0.4, -0.2) is 42.7 Å². The number of hydrogen-bond acceptors (Lipinski definition) is 7. The molecule has 2 heterocycles. The van der Waals surface area contributed by atoms with Gasteiger partial charge in [-0.25, -0.2) is 4.98 Å². The number of nitrogens with one attached hydrogen (secondary N) is 1. The van der Waals surface area contributed by atoms with Crippen LogP contribution in [0.1, 0.15) is 11.3 Å². The number of aromatic nitrogens is 3. The minimum Gasteiger partial charge on any atom is -0.497 e. The average Bonchev–Trinajstić information content (AvgIpc) is 3.30. The highest BCUT2D eigenvalue weighted by molar-refractivity contribution is 7.19. The predicted molar refractivity (Wildman–Crippen MR) is 107 cm³/mol. The summed E-state index contributed by atoms with van der Waals surface area (Å²) in [4.78, 5) is 5.69. The van der Waals surface area contributed by atoms with Gasteiger partial charge in [-0.3, -0.25) is 4.68 Å². The quantitative estimate of drug-likeness (QED) is 0.604. The number of ether oxygens (including phenoxy) is 3. The van der Waals surface area contributed by atoms with Crippen LogP contribution in [0.2, 0.25) is 0 Å². The summed E-state index contributed by atoms with van der Waals surface area (Å²) in [5.41, 5.74) is 2.89. The minimum atomic E-state index is 0.592. The molecule has 0 atom stereocenters. The van der Waals surface area contributed by atoms with Crippen LogP contribution in [0.5, 0.6) is 11.5 Å². The molecule has 3 aromatic rings. The highest BCUT2D eigenvalue weighted by Gasteiger charge is 2.13. The molecule has 0 saturated heterocycles. The lowest BCUT2D eigenvalue weighted by atomic mass is 10.2. The molecule has 27 heavy (non-hydrogen) atoms. The summed E-state index contributed by atoms with van der Waals surface area (Å²) in [6, 6.07) is 7.75. The molecule has 3 rings (SSSR count). The maximum Gasteiger partial charge on any atom is 0.183 e. The maximum atomic E-state index is 5.43. The third kappa shape index (κ3) is 4.58. The van der Waals surface area contributed by atoms with E-state index in [1.165, 1.54) is 0 Å². The lowest BCUT2D eigenvalue weighted by Crippen LogP contribution is -2.04. The Hall–Kier alpha value is -2.58. The molecule has 0 fully saturated rings. The molecular weight excluding hydrogens is 364 g/mol. The Kier molecular flexibility index (Phi) is 6.31. The Bertz CT molecular complexity index is 891. The van der Waals surface area contributed by atoms with Crippen molar-refractivity contribution in [3.05, 3.63) is 41.7 Å². The van der Waals surface area contributed by atoms with E-state index in [1.807, 2.05) is 42.1 Å². The second-order valence-corrected chi connectivity index (χ2v) is 6.92. The van der Waals surface area contributed by atoms with E-state index in [0.717, 1.165) is 45.0 Å². The second kappa shape index (κ2) is 8.88. The van der Waals surface area contributed by atoms with Gasteiger partial charge in [-0.05, 0) is 31.2 Å². The first-order valence-electron chi connectivity index (χ1n) is 8.59. The van der Waals surface area contributed by atoms with Gasteiger partial charge in [0.15, 0.2) is 5.13 Å². The zero-order chi connectivity index (χ0) is 19.2. The summed E-state index contributed by atoms with van der Waals surface area (Å²) in [7, 11) is 5.01. The minimum absolute atomic E-state index is 0.592. The highest BCUT2D eigenvalue weighted by Crippen LogP contribution is 2.32. The van der Waals surface area contributed by atoms with Gasteiger partial charge in [0.2, 0.25) is 0 Å². The fraction of sp³-hybridized carbons (Fsp3) is 0.368. The number of anilines is 1. The van der Waals surface area contributed by atoms with Crippen LogP contribution < -0.4 is 14.8 Å². The van der Waals surface area contributed by atoms with Gasteiger partial charge in [-0.15, -0.1) is 0 Å². The van der Waals surface area contributed by atoms with Crippen LogP contribution in [-0.2, 0) is 17.8 Å². The van der Waals surface area contributed by atoms with E-state index in [1.54, 1.807) is 32.7 Å². The van der Waals surface area contributed by atoms with Crippen LogP contribution in [0, 0.1) is 6.92 Å². The monoisotopic (exact) mass is 388 g/mol. The number of methoxy groups -OCH3 is 3. The molecule has 8 heteroatoms. The van der Waals surface area contributed by atoms with Crippen molar-refractivity contribution < 1.29 is 14.2 Å². The van der Waals surface area contributed by atoms with E-state index in [4.69, 9.17) is 14.2 Å². The van der Waals surface area contributed by atoms with Gasteiger partial charge in [-0.2, -0.15) is 5.10 Å². The number of nitrogens with zero attached hydrogens (tertiary/aromatic N) is 3. The highest BCUT2D eigenvalue weighted by atomic mass is 32.1. The van der Waals surface area contributed by atoms with Crippen molar-refractivity contribution in [2.45, 2.75) is 20.0 Å². The first-order chi connectivity index (χ1) is 13.1. The van der Waals surface area contributed by atoms with Gasteiger partial charge in [0.1, 0.15) is 17.2 Å². The van der Waals surface area contributed by atoms with Crippen molar-refractivity contribution in [3.8, 4) is 22.1 Å². The molecule has 144 valence electrons. The van der Waals surface area contributed by atoms with E-state index >= 15 is 0 Å². The SMILES string of the molecule is COCCn1ccc(-c2sc(NCc3cc(OC)ccc3OC)nc2C)n1. The molecule has 0 aliphatic carbocycles. The Morgan fingerprint density at radius 2 is 2.00 bits per heavy atom. The molecule has 0 bridgehead atoms. The molecule has 7 nitrogen and oxygen atoms in total. The Morgan fingerprint density at radius 1 is 1.15 bits per heavy atom. The fourth-order valence-electron chi connectivity index (χ4n) is 2.69. The summed E-state index contributed by atoms with van der Waals surface area (Å²) < 4.78 is 17.7. The third-order valence-electron chi connectivity index (χ3n) is 4.11.